The summed E-state index contributed by atoms with van der Waals surface area (Å²) in [5.41, 5.74) is 5.10. The SMILES string of the molecule is CCOc1ccccc1/C=N/NC(=O)CSc1nnc(-c2ccccc2)n1-c1ccc(Cl)cc1. The molecule has 0 bridgehead atoms. The fourth-order valence-electron chi connectivity index (χ4n) is 3.17. The molecule has 4 rings (SSSR count). The normalized spacial score (nSPS) is 11.0. The highest BCUT2D eigenvalue weighted by Gasteiger charge is 2.17. The van der Waals surface area contributed by atoms with Crippen molar-refractivity contribution in [2.75, 3.05) is 12.4 Å². The van der Waals surface area contributed by atoms with Crippen LogP contribution in [-0.2, 0) is 4.79 Å². The summed E-state index contributed by atoms with van der Waals surface area (Å²) in [5, 5.41) is 14.0. The van der Waals surface area contributed by atoms with E-state index in [1.54, 1.807) is 6.21 Å². The molecule has 0 saturated heterocycles. The first-order valence-corrected chi connectivity index (χ1v) is 12.0. The van der Waals surface area contributed by atoms with E-state index in [9.17, 15) is 4.79 Å². The third kappa shape index (κ3) is 5.84. The smallest absolute Gasteiger partial charge is 0.250 e. The summed E-state index contributed by atoms with van der Waals surface area (Å²) in [7, 11) is 0. The molecule has 1 amide bonds. The molecule has 0 atom stereocenters. The first kappa shape index (κ1) is 23.5. The minimum Gasteiger partial charge on any atom is -0.493 e. The lowest BCUT2D eigenvalue weighted by Gasteiger charge is -2.10. The number of rotatable bonds is 9. The van der Waals surface area contributed by atoms with E-state index in [-0.39, 0.29) is 11.7 Å². The van der Waals surface area contributed by atoms with Crippen molar-refractivity contribution in [1.29, 1.82) is 0 Å². The average molecular weight is 492 g/mol. The van der Waals surface area contributed by atoms with E-state index in [0.29, 0.717) is 28.4 Å². The Labute approximate surface area is 206 Å². The molecule has 3 aromatic carbocycles. The minimum atomic E-state index is -0.262. The predicted molar refractivity (Wildman–Crippen MR) is 136 cm³/mol. The Bertz CT molecular complexity index is 1280. The Morgan fingerprint density at radius 1 is 1.06 bits per heavy atom. The number of thioether (sulfide) groups is 1. The Morgan fingerprint density at radius 3 is 2.56 bits per heavy atom. The topological polar surface area (TPSA) is 81.4 Å². The van der Waals surface area contributed by atoms with E-state index in [1.165, 1.54) is 11.8 Å². The van der Waals surface area contributed by atoms with E-state index in [4.69, 9.17) is 16.3 Å². The van der Waals surface area contributed by atoms with Crippen LogP contribution in [0.3, 0.4) is 0 Å². The van der Waals surface area contributed by atoms with Crippen molar-refractivity contribution in [3.63, 3.8) is 0 Å². The molecule has 0 aliphatic heterocycles. The van der Waals surface area contributed by atoms with E-state index in [2.05, 4.69) is 20.7 Å². The van der Waals surface area contributed by atoms with E-state index < -0.39 is 0 Å². The van der Waals surface area contributed by atoms with Gasteiger partial charge < -0.3 is 4.74 Å². The molecule has 7 nitrogen and oxygen atoms in total. The second-order valence-corrected chi connectivity index (χ2v) is 8.42. The Hall–Kier alpha value is -3.62. The zero-order valence-electron chi connectivity index (χ0n) is 18.4. The summed E-state index contributed by atoms with van der Waals surface area (Å²) >= 11 is 7.35. The quantitative estimate of drug-likeness (QED) is 0.197. The maximum Gasteiger partial charge on any atom is 0.250 e. The number of amides is 1. The fraction of sp³-hybridized carbons (Fsp3) is 0.120. The summed E-state index contributed by atoms with van der Waals surface area (Å²) in [6.45, 7) is 2.46. The van der Waals surface area contributed by atoms with Crippen LogP contribution in [0, 0.1) is 0 Å². The molecule has 1 heterocycles. The number of para-hydroxylation sites is 1. The zero-order chi connectivity index (χ0) is 23.8. The number of benzene rings is 3. The summed E-state index contributed by atoms with van der Waals surface area (Å²) in [4.78, 5) is 12.4. The molecule has 4 aromatic rings. The van der Waals surface area contributed by atoms with Crippen LogP contribution < -0.4 is 10.2 Å². The van der Waals surface area contributed by atoms with E-state index >= 15 is 0 Å². The van der Waals surface area contributed by atoms with Gasteiger partial charge in [0.2, 0.25) is 0 Å². The van der Waals surface area contributed by atoms with Crippen molar-refractivity contribution < 1.29 is 9.53 Å². The third-order valence-electron chi connectivity index (χ3n) is 4.69. The highest BCUT2D eigenvalue weighted by Crippen LogP contribution is 2.28. The van der Waals surface area contributed by atoms with E-state index in [0.717, 1.165) is 16.8 Å². The van der Waals surface area contributed by atoms with Gasteiger partial charge in [-0.1, -0.05) is 65.8 Å². The van der Waals surface area contributed by atoms with Crippen LogP contribution >= 0.6 is 23.4 Å². The molecule has 0 fully saturated rings. The largest absolute Gasteiger partial charge is 0.493 e. The molecule has 0 radical (unpaired) electrons. The number of hydrazone groups is 1. The van der Waals surface area contributed by atoms with Crippen LogP contribution in [-0.4, -0.2) is 39.2 Å². The average Bonchev–Trinajstić information content (AvgIpc) is 3.29. The van der Waals surface area contributed by atoms with Gasteiger partial charge in [-0.15, -0.1) is 10.2 Å². The van der Waals surface area contributed by atoms with Gasteiger partial charge in [0.05, 0.1) is 18.6 Å². The second-order valence-electron chi connectivity index (χ2n) is 7.04. The van der Waals surface area contributed by atoms with Gasteiger partial charge in [-0.3, -0.25) is 9.36 Å². The maximum atomic E-state index is 12.4. The monoisotopic (exact) mass is 491 g/mol. The van der Waals surface area contributed by atoms with Crippen molar-refractivity contribution in [3.05, 3.63) is 89.4 Å². The molecule has 0 saturated carbocycles. The molecular formula is C25H22ClN5O2S. The fourth-order valence-corrected chi connectivity index (χ4v) is 4.04. The Kier molecular flexibility index (Phi) is 7.95. The highest BCUT2D eigenvalue weighted by atomic mass is 35.5. The van der Waals surface area contributed by atoms with Crippen molar-refractivity contribution in [3.8, 4) is 22.8 Å². The molecule has 34 heavy (non-hydrogen) atoms. The van der Waals surface area contributed by atoms with Gasteiger partial charge in [0.1, 0.15) is 5.75 Å². The van der Waals surface area contributed by atoms with Crippen LogP contribution in [0.5, 0.6) is 5.75 Å². The molecular weight excluding hydrogens is 470 g/mol. The molecule has 172 valence electrons. The number of nitrogens with zero attached hydrogens (tertiary/aromatic N) is 4. The lowest BCUT2D eigenvalue weighted by atomic mass is 10.2. The van der Waals surface area contributed by atoms with Gasteiger partial charge in [0, 0.05) is 21.8 Å². The first-order valence-electron chi connectivity index (χ1n) is 10.6. The summed E-state index contributed by atoms with van der Waals surface area (Å²) in [6.07, 6.45) is 1.57. The third-order valence-corrected chi connectivity index (χ3v) is 5.88. The van der Waals surface area contributed by atoms with Crippen LogP contribution in [0.15, 0.2) is 89.1 Å². The Morgan fingerprint density at radius 2 is 1.79 bits per heavy atom. The maximum absolute atomic E-state index is 12.4. The van der Waals surface area contributed by atoms with E-state index in [1.807, 2.05) is 90.4 Å². The van der Waals surface area contributed by atoms with Gasteiger partial charge in [0.25, 0.3) is 5.91 Å². The molecule has 1 aromatic heterocycles. The van der Waals surface area contributed by atoms with Crippen LogP contribution in [0.4, 0.5) is 0 Å². The van der Waals surface area contributed by atoms with Gasteiger partial charge in [-0.25, -0.2) is 5.43 Å². The highest BCUT2D eigenvalue weighted by molar-refractivity contribution is 7.99. The standard InChI is InChI=1S/C25H22ClN5O2S/c1-2-33-22-11-7-6-10-19(22)16-27-28-23(32)17-34-25-30-29-24(18-8-4-3-5-9-18)31(25)21-14-12-20(26)13-15-21/h3-16H,2,17H2,1H3,(H,28,32)/b27-16+. The summed E-state index contributed by atoms with van der Waals surface area (Å²) in [6, 6.07) is 24.7. The second kappa shape index (κ2) is 11.5. The number of halogens is 1. The number of carbonyl (C=O) groups is 1. The van der Waals surface area contributed by atoms with Crippen molar-refractivity contribution in [1.82, 2.24) is 20.2 Å². The molecule has 9 heteroatoms. The molecule has 0 unspecified atom stereocenters. The number of hydrogen-bond donors (Lipinski definition) is 1. The van der Waals surface area contributed by atoms with Crippen molar-refractivity contribution in [2.45, 2.75) is 12.1 Å². The molecule has 0 aliphatic rings. The molecule has 1 N–H and O–H groups in total. The summed E-state index contributed by atoms with van der Waals surface area (Å²) < 4.78 is 7.47. The van der Waals surface area contributed by atoms with Gasteiger partial charge >= 0.3 is 0 Å². The van der Waals surface area contributed by atoms with Crippen LogP contribution in [0.25, 0.3) is 17.1 Å². The number of carbonyl (C=O) groups excluding carboxylic acids is 1. The first-order chi connectivity index (χ1) is 16.7. The minimum absolute atomic E-state index is 0.116. The molecule has 0 aliphatic carbocycles. The zero-order valence-corrected chi connectivity index (χ0v) is 20.0. The number of nitrogens with one attached hydrogen (secondary N) is 1. The van der Waals surface area contributed by atoms with Crippen LogP contribution in [0.1, 0.15) is 12.5 Å². The summed E-state index contributed by atoms with van der Waals surface area (Å²) in [5.74, 6) is 1.24. The van der Waals surface area contributed by atoms with Gasteiger partial charge in [0.15, 0.2) is 11.0 Å². The van der Waals surface area contributed by atoms with Gasteiger partial charge in [-0.2, -0.15) is 5.10 Å². The van der Waals surface area contributed by atoms with Gasteiger partial charge in [-0.05, 0) is 43.3 Å². The predicted octanol–water partition coefficient (Wildman–Crippen LogP) is 5.23. The van der Waals surface area contributed by atoms with Crippen molar-refractivity contribution in [2.24, 2.45) is 5.10 Å². The number of aromatic nitrogens is 3. The number of hydrogen-bond acceptors (Lipinski definition) is 6. The molecule has 0 spiro atoms. The lowest BCUT2D eigenvalue weighted by molar-refractivity contribution is -0.118. The van der Waals surface area contributed by atoms with Crippen molar-refractivity contribution >= 4 is 35.5 Å². The Balaban J connectivity index is 1.48. The lowest BCUT2D eigenvalue weighted by Crippen LogP contribution is -2.20. The van der Waals surface area contributed by atoms with Crippen LogP contribution in [0.2, 0.25) is 5.02 Å². The number of ether oxygens (including phenoxy) is 1.